The van der Waals surface area contributed by atoms with Crippen molar-refractivity contribution in [2.45, 2.75) is 58.1 Å². The lowest BCUT2D eigenvalue weighted by molar-refractivity contribution is -0.125. The van der Waals surface area contributed by atoms with Gasteiger partial charge in [0.05, 0.1) is 13.2 Å². The molecule has 0 aromatic heterocycles. The van der Waals surface area contributed by atoms with Crippen LogP contribution in [0, 0.1) is 5.41 Å². The summed E-state index contributed by atoms with van der Waals surface area (Å²) in [4.78, 5) is 15.2. The number of ketones is 1. The van der Waals surface area contributed by atoms with E-state index < -0.39 is 5.41 Å². The van der Waals surface area contributed by atoms with Crippen LogP contribution < -0.4 is 9.47 Å². The lowest BCUT2D eigenvalue weighted by atomic mass is 9.73. The van der Waals surface area contributed by atoms with Gasteiger partial charge in [-0.1, -0.05) is 43.3 Å². The highest BCUT2D eigenvalue weighted by atomic mass is 16.5. The summed E-state index contributed by atoms with van der Waals surface area (Å²) in [6, 6.07) is 16.7. The third-order valence-corrected chi connectivity index (χ3v) is 7.00. The maximum absolute atomic E-state index is 12.8. The van der Waals surface area contributed by atoms with Crippen molar-refractivity contribution in [3.05, 3.63) is 59.7 Å². The summed E-state index contributed by atoms with van der Waals surface area (Å²) in [5, 5.41) is 0. The van der Waals surface area contributed by atoms with Gasteiger partial charge in [-0.15, -0.1) is 0 Å². The molecular formula is C26H33NO3. The van der Waals surface area contributed by atoms with E-state index in [-0.39, 0.29) is 17.8 Å². The van der Waals surface area contributed by atoms with Crippen molar-refractivity contribution < 1.29 is 14.3 Å². The van der Waals surface area contributed by atoms with E-state index in [9.17, 15) is 4.79 Å². The van der Waals surface area contributed by atoms with Crippen LogP contribution in [0.2, 0.25) is 0 Å². The van der Waals surface area contributed by atoms with Gasteiger partial charge in [0, 0.05) is 31.0 Å². The van der Waals surface area contributed by atoms with Gasteiger partial charge in [-0.25, -0.2) is 0 Å². The van der Waals surface area contributed by atoms with Crippen LogP contribution in [-0.4, -0.2) is 37.0 Å². The average Bonchev–Trinajstić information content (AvgIpc) is 3.37. The van der Waals surface area contributed by atoms with E-state index in [0.29, 0.717) is 0 Å². The molecule has 1 aliphatic carbocycles. The molecule has 2 atom stereocenters. The van der Waals surface area contributed by atoms with Crippen molar-refractivity contribution in [1.82, 2.24) is 4.90 Å². The summed E-state index contributed by atoms with van der Waals surface area (Å²) >= 11 is 0. The molecule has 1 saturated carbocycles. The van der Waals surface area contributed by atoms with Crippen molar-refractivity contribution >= 4 is 5.78 Å². The van der Waals surface area contributed by atoms with Crippen LogP contribution >= 0.6 is 0 Å². The first-order valence-electron chi connectivity index (χ1n) is 11.1. The topological polar surface area (TPSA) is 38.8 Å². The predicted octanol–water partition coefficient (Wildman–Crippen LogP) is 5.21. The second-order valence-electron chi connectivity index (χ2n) is 9.12. The Labute approximate surface area is 180 Å². The van der Waals surface area contributed by atoms with Gasteiger partial charge >= 0.3 is 0 Å². The molecule has 0 unspecified atom stereocenters. The van der Waals surface area contributed by atoms with Gasteiger partial charge in [-0.3, -0.25) is 9.69 Å². The average molecular weight is 408 g/mol. The zero-order valence-electron chi connectivity index (χ0n) is 18.4. The maximum atomic E-state index is 12.8. The molecule has 30 heavy (non-hydrogen) atoms. The Balaban J connectivity index is 1.60. The first kappa shape index (κ1) is 20.9. The molecule has 0 spiro atoms. The zero-order valence-corrected chi connectivity index (χ0v) is 18.4. The highest BCUT2D eigenvalue weighted by molar-refractivity contribution is 5.84. The van der Waals surface area contributed by atoms with Gasteiger partial charge < -0.3 is 9.47 Å². The molecule has 1 heterocycles. The number of ether oxygens (including phenoxy) is 2. The van der Waals surface area contributed by atoms with Crippen molar-refractivity contribution in [2.75, 3.05) is 20.2 Å². The summed E-state index contributed by atoms with van der Waals surface area (Å²) in [5.41, 5.74) is 2.04. The number of nitrogens with zero attached hydrogens (tertiary/aromatic N) is 1. The number of likely N-dealkylation sites (tertiary alicyclic amines) is 1. The van der Waals surface area contributed by atoms with Gasteiger partial charge in [0.2, 0.25) is 0 Å². The Bertz CT molecular complexity index is 875. The number of methoxy groups -OCH3 is 1. The van der Waals surface area contributed by atoms with Crippen LogP contribution in [0.25, 0.3) is 0 Å². The summed E-state index contributed by atoms with van der Waals surface area (Å²) < 4.78 is 11.9. The fourth-order valence-electron chi connectivity index (χ4n) is 5.08. The molecule has 1 aliphatic heterocycles. The van der Waals surface area contributed by atoms with Crippen LogP contribution in [0.5, 0.6) is 11.5 Å². The standard InChI is InChI=1S/C26H33NO3/c1-19(28)26(2)18-27(16-20-9-5-4-6-10-20)17-23(26)21-13-14-24(29-3)25(15-21)30-22-11-7-8-12-22/h4-6,9-10,13-15,22-23H,7-8,11-12,16-18H2,1-3H3/t23-,26+/m1/s1. The number of carbonyl (C=O) groups is 1. The minimum atomic E-state index is -0.409. The summed E-state index contributed by atoms with van der Waals surface area (Å²) in [6.07, 6.45) is 4.93. The van der Waals surface area contributed by atoms with Gasteiger partial charge in [0.15, 0.2) is 11.5 Å². The summed E-state index contributed by atoms with van der Waals surface area (Å²) in [5.74, 6) is 1.97. The number of hydrogen-bond acceptors (Lipinski definition) is 4. The predicted molar refractivity (Wildman–Crippen MR) is 119 cm³/mol. The molecule has 0 N–H and O–H groups in total. The van der Waals surface area contributed by atoms with Gasteiger partial charge in [-0.05, 0) is 55.9 Å². The molecule has 4 nitrogen and oxygen atoms in total. The van der Waals surface area contributed by atoms with Crippen molar-refractivity contribution in [1.29, 1.82) is 0 Å². The first-order chi connectivity index (χ1) is 14.5. The van der Waals surface area contributed by atoms with Crippen LogP contribution in [-0.2, 0) is 11.3 Å². The molecule has 160 valence electrons. The van der Waals surface area contributed by atoms with Crippen LogP contribution in [0.3, 0.4) is 0 Å². The van der Waals surface area contributed by atoms with Gasteiger partial charge in [-0.2, -0.15) is 0 Å². The molecule has 4 rings (SSSR count). The molecule has 1 saturated heterocycles. The lowest BCUT2D eigenvalue weighted by Crippen LogP contribution is -2.33. The minimum absolute atomic E-state index is 0.135. The number of benzene rings is 2. The van der Waals surface area contributed by atoms with Gasteiger partial charge in [0.25, 0.3) is 0 Å². The van der Waals surface area contributed by atoms with E-state index >= 15 is 0 Å². The smallest absolute Gasteiger partial charge is 0.161 e. The Morgan fingerprint density at radius 3 is 2.50 bits per heavy atom. The molecule has 2 fully saturated rings. The SMILES string of the molecule is COc1ccc([C@H]2CN(Cc3ccccc3)C[C@@]2(C)C(C)=O)cc1OC1CCCC1. The van der Waals surface area contributed by atoms with E-state index in [1.54, 1.807) is 14.0 Å². The maximum Gasteiger partial charge on any atom is 0.161 e. The molecule has 0 amide bonds. The van der Waals surface area contributed by atoms with Crippen LogP contribution in [0.4, 0.5) is 0 Å². The molecule has 2 aliphatic rings. The highest BCUT2D eigenvalue weighted by Gasteiger charge is 2.47. The minimum Gasteiger partial charge on any atom is -0.493 e. The zero-order chi connectivity index (χ0) is 21.1. The van der Waals surface area contributed by atoms with Crippen molar-refractivity contribution in [3.63, 3.8) is 0 Å². The van der Waals surface area contributed by atoms with Gasteiger partial charge in [0.1, 0.15) is 5.78 Å². The number of rotatable bonds is 7. The van der Waals surface area contributed by atoms with E-state index in [1.165, 1.54) is 18.4 Å². The second-order valence-corrected chi connectivity index (χ2v) is 9.12. The van der Waals surface area contributed by atoms with E-state index in [1.807, 2.05) is 12.1 Å². The Morgan fingerprint density at radius 1 is 1.10 bits per heavy atom. The highest BCUT2D eigenvalue weighted by Crippen LogP contribution is 2.46. The normalized spacial score (nSPS) is 24.8. The third-order valence-electron chi connectivity index (χ3n) is 7.00. The fraction of sp³-hybridized carbons (Fsp3) is 0.500. The van der Waals surface area contributed by atoms with E-state index in [4.69, 9.17) is 9.47 Å². The quantitative estimate of drug-likeness (QED) is 0.631. The van der Waals surface area contributed by atoms with Crippen molar-refractivity contribution in [3.8, 4) is 11.5 Å². The first-order valence-corrected chi connectivity index (χ1v) is 11.1. The summed E-state index contributed by atoms with van der Waals surface area (Å²) in [7, 11) is 1.69. The van der Waals surface area contributed by atoms with Crippen LogP contribution in [0.15, 0.2) is 48.5 Å². The number of hydrogen-bond donors (Lipinski definition) is 0. The largest absolute Gasteiger partial charge is 0.493 e. The molecule has 4 heteroatoms. The monoisotopic (exact) mass is 407 g/mol. The molecule has 2 aromatic rings. The third kappa shape index (κ3) is 4.24. The lowest BCUT2D eigenvalue weighted by Gasteiger charge is -2.29. The molecule has 0 bridgehead atoms. The second kappa shape index (κ2) is 8.81. The molecular weight excluding hydrogens is 374 g/mol. The van der Waals surface area contributed by atoms with E-state index in [0.717, 1.165) is 49.5 Å². The van der Waals surface area contributed by atoms with Crippen LogP contribution in [0.1, 0.15) is 56.6 Å². The van der Waals surface area contributed by atoms with E-state index in [2.05, 4.69) is 48.2 Å². The Morgan fingerprint density at radius 2 is 1.83 bits per heavy atom. The Kier molecular flexibility index (Phi) is 6.14. The molecule has 0 radical (unpaired) electrons. The fourth-order valence-corrected chi connectivity index (χ4v) is 5.08. The number of Topliss-reactive ketones (excluding diaryl/α,β-unsaturated/α-hetero) is 1. The molecule has 2 aromatic carbocycles. The summed E-state index contributed by atoms with van der Waals surface area (Å²) in [6.45, 7) is 6.35. The van der Waals surface area contributed by atoms with Crippen molar-refractivity contribution in [2.24, 2.45) is 5.41 Å². The Hall–Kier alpha value is -2.33. The number of carbonyl (C=O) groups excluding carboxylic acids is 1.